The lowest BCUT2D eigenvalue weighted by Crippen LogP contribution is -2.73. The van der Waals surface area contributed by atoms with Crippen molar-refractivity contribution in [3.63, 3.8) is 0 Å². The Kier molecular flexibility index (Phi) is 7.52. The summed E-state index contributed by atoms with van der Waals surface area (Å²) in [4.78, 5) is 41.6. The molecule has 0 saturated carbocycles. The Morgan fingerprint density at radius 2 is 1.87 bits per heavy atom. The van der Waals surface area contributed by atoms with Gasteiger partial charge in [-0.1, -0.05) is 0 Å². The molecule has 4 heterocycles. The number of methoxy groups -OCH3 is 1. The Morgan fingerprint density at radius 1 is 1.21 bits per heavy atom. The van der Waals surface area contributed by atoms with Crippen molar-refractivity contribution < 1.29 is 37.0 Å². The van der Waals surface area contributed by atoms with Crippen LogP contribution in [0.5, 0.6) is 0 Å². The normalized spacial score (nSPS) is 31.4. The van der Waals surface area contributed by atoms with Crippen molar-refractivity contribution in [3.8, 4) is 0 Å². The van der Waals surface area contributed by atoms with E-state index in [1.54, 1.807) is 41.5 Å². The van der Waals surface area contributed by atoms with Crippen LogP contribution in [-0.4, -0.2) is 89.1 Å². The third-order valence-electron chi connectivity index (χ3n) is 7.41. The molecule has 0 radical (unpaired) electrons. The van der Waals surface area contributed by atoms with Crippen LogP contribution in [0.2, 0.25) is 0 Å². The first-order valence-corrected chi connectivity index (χ1v) is 14.3. The predicted octanol–water partition coefficient (Wildman–Crippen LogP) is 1.04. The van der Waals surface area contributed by atoms with Crippen molar-refractivity contribution in [2.45, 2.75) is 95.8 Å². The smallest absolute Gasteiger partial charge is 0.351 e. The van der Waals surface area contributed by atoms with Crippen LogP contribution in [0.15, 0.2) is 17.1 Å². The van der Waals surface area contributed by atoms with Crippen LogP contribution in [0, 0.1) is 5.41 Å². The lowest BCUT2D eigenvalue weighted by molar-refractivity contribution is -0.239. The molecule has 14 heteroatoms. The van der Waals surface area contributed by atoms with Crippen LogP contribution in [0.25, 0.3) is 0 Å². The molecule has 0 aliphatic carbocycles. The number of nitrogens with zero attached hydrogens (tertiary/aromatic N) is 3. The van der Waals surface area contributed by atoms with Gasteiger partial charge >= 0.3 is 11.7 Å². The summed E-state index contributed by atoms with van der Waals surface area (Å²) in [6.45, 7) is 11.4. The van der Waals surface area contributed by atoms with Crippen molar-refractivity contribution in [1.82, 2.24) is 13.9 Å². The number of esters is 1. The van der Waals surface area contributed by atoms with Crippen molar-refractivity contribution in [3.05, 3.63) is 22.7 Å². The van der Waals surface area contributed by atoms with Gasteiger partial charge in [-0.15, -0.1) is 0 Å². The molecule has 1 aromatic heterocycles. The topological polar surface area (TPSA) is 155 Å². The fraction of sp³-hybridized carbons (Fsp3) is 0.760. The molecule has 1 N–H and O–H groups in total. The highest BCUT2D eigenvalue weighted by molar-refractivity contribution is 7.90. The molecular weight excluding hydrogens is 532 g/mol. The van der Waals surface area contributed by atoms with Crippen molar-refractivity contribution in [2.24, 2.45) is 5.41 Å². The number of amides is 1. The summed E-state index contributed by atoms with van der Waals surface area (Å²) in [6.07, 6.45) is -2.33. The second kappa shape index (κ2) is 9.91. The monoisotopic (exact) mass is 570 g/mol. The quantitative estimate of drug-likeness (QED) is 0.508. The molecule has 218 valence electrons. The molecule has 3 saturated heterocycles. The minimum atomic E-state index is -3.82. The number of hydrogen-bond donors (Lipinski definition) is 1. The zero-order valence-corrected chi connectivity index (χ0v) is 24.4. The van der Waals surface area contributed by atoms with Gasteiger partial charge in [-0.2, -0.15) is 9.29 Å². The first-order chi connectivity index (χ1) is 17.9. The Balaban J connectivity index is 1.84. The van der Waals surface area contributed by atoms with E-state index in [2.05, 4.69) is 10.3 Å². The van der Waals surface area contributed by atoms with E-state index in [0.717, 1.165) is 0 Å². The van der Waals surface area contributed by atoms with Crippen LogP contribution in [0.4, 0.5) is 5.82 Å². The van der Waals surface area contributed by atoms with E-state index in [0.29, 0.717) is 0 Å². The summed E-state index contributed by atoms with van der Waals surface area (Å²) in [5.74, 6) is -0.880. The summed E-state index contributed by atoms with van der Waals surface area (Å²) in [5.41, 5.74) is -2.88. The lowest BCUT2D eigenvalue weighted by atomic mass is 9.77. The highest BCUT2D eigenvalue weighted by Gasteiger charge is 2.70. The number of hydrogen-bond acceptors (Lipinski definition) is 10. The SMILES string of the molecule is CO[C@@H]1CO[C@]23CCN(S(=O)(=O)C(C)(C)C)[C@@H]1[C@H]2O[C@@H](n1ccc(NC(C)=O)nc1=O)[C@@H]3OC(=O)C(C)(C)C. The van der Waals surface area contributed by atoms with Crippen LogP contribution in [-0.2, 0) is 38.6 Å². The lowest BCUT2D eigenvalue weighted by Gasteiger charge is -2.55. The highest BCUT2D eigenvalue weighted by atomic mass is 32.2. The van der Waals surface area contributed by atoms with Crippen molar-refractivity contribution in [2.75, 3.05) is 25.6 Å². The second-order valence-electron chi connectivity index (χ2n) is 12.2. The fourth-order valence-electron chi connectivity index (χ4n) is 5.29. The number of nitrogens with one attached hydrogen (secondary N) is 1. The van der Waals surface area contributed by atoms with E-state index in [1.165, 1.54) is 35.2 Å². The maximum absolute atomic E-state index is 13.7. The van der Waals surface area contributed by atoms with Gasteiger partial charge in [-0.25, -0.2) is 13.2 Å². The predicted molar refractivity (Wildman–Crippen MR) is 139 cm³/mol. The molecule has 0 unspecified atom stereocenters. The highest BCUT2D eigenvalue weighted by Crippen LogP contribution is 2.52. The van der Waals surface area contributed by atoms with Crippen LogP contribution >= 0.6 is 0 Å². The minimum Gasteiger partial charge on any atom is -0.454 e. The third-order valence-corrected chi connectivity index (χ3v) is 10.0. The number of carbonyl (C=O) groups is 2. The van der Waals surface area contributed by atoms with Gasteiger partial charge in [0.05, 0.1) is 28.9 Å². The molecule has 0 aromatic carbocycles. The number of aromatic nitrogens is 2. The van der Waals surface area contributed by atoms with Gasteiger partial charge in [0, 0.05) is 26.8 Å². The molecule has 4 rings (SSSR count). The average molecular weight is 571 g/mol. The molecule has 1 amide bonds. The first-order valence-electron chi connectivity index (χ1n) is 12.9. The van der Waals surface area contributed by atoms with E-state index in [-0.39, 0.29) is 25.4 Å². The number of carbonyl (C=O) groups excluding carboxylic acids is 2. The summed E-state index contributed by atoms with van der Waals surface area (Å²) >= 11 is 0. The first kappa shape index (κ1) is 29.6. The number of piperidine rings is 1. The molecule has 3 fully saturated rings. The molecular formula is C25H38N4O9S. The van der Waals surface area contributed by atoms with Gasteiger partial charge in [-0.3, -0.25) is 14.2 Å². The van der Waals surface area contributed by atoms with Crippen molar-refractivity contribution in [1.29, 1.82) is 0 Å². The third kappa shape index (κ3) is 5.01. The molecule has 6 atom stereocenters. The number of anilines is 1. The standard InChI is InChI=1S/C25H38N4O9S/c1-14(30)26-16-9-11-28(22(32)27-16)20-19(38-21(31)23(2,3)4)25-10-12-29(39(33,34)24(5,6)7)17(18(25)37-20)15(35-8)13-36-25/h9,11,15,17-20H,10,12-13H2,1-8H3,(H,26,27,30,32)/t15-,17+,18-,19+,20-,25-/m1/s1. The van der Waals surface area contributed by atoms with E-state index in [1.807, 2.05) is 0 Å². The number of ether oxygens (including phenoxy) is 4. The average Bonchev–Trinajstić information content (AvgIpc) is 3.12. The Morgan fingerprint density at radius 3 is 2.41 bits per heavy atom. The van der Waals surface area contributed by atoms with Gasteiger partial charge in [0.1, 0.15) is 17.5 Å². The van der Waals surface area contributed by atoms with Gasteiger partial charge < -0.3 is 24.3 Å². The Bertz CT molecular complexity index is 1300. The summed E-state index contributed by atoms with van der Waals surface area (Å²) in [7, 11) is -2.35. The van der Waals surface area contributed by atoms with Crippen LogP contribution < -0.4 is 11.0 Å². The van der Waals surface area contributed by atoms with Crippen LogP contribution in [0.1, 0.15) is 61.1 Å². The zero-order valence-electron chi connectivity index (χ0n) is 23.6. The number of rotatable bonds is 5. The van der Waals surface area contributed by atoms with Gasteiger partial charge in [0.15, 0.2) is 12.3 Å². The summed E-state index contributed by atoms with van der Waals surface area (Å²) < 4.78 is 53.3. The maximum Gasteiger partial charge on any atom is 0.351 e. The fourth-order valence-corrected chi connectivity index (χ4v) is 6.89. The largest absolute Gasteiger partial charge is 0.454 e. The van der Waals surface area contributed by atoms with E-state index < -0.39 is 73.9 Å². The second-order valence-corrected chi connectivity index (χ2v) is 14.9. The van der Waals surface area contributed by atoms with Gasteiger partial charge in [-0.05, 0) is 54.0 Å². The molecule has 13 nitrogen and oxygen atoms in total. The minimum absolute atomic E-state index is 0.0299. The molecule has 1 aromatic rings. The molecule has 2 bridgehead atoms. The van der Waals surface area contributed by atoms with Gasteiger partial charge in [0.2, 0.25) is 15.9 Å². The van der Waals surface area contributed by atoms with Gasteiger partial charge in [0.25, 0.3) is 0 Å². The Labute approximate surface area is 228 Å². The molecule has 3 aliphatic rings. The summed E-state index contributed by atoms with van der Waals surface area (Å²) in [6, 6.07) is 0.625. The van der Waals surface area contributed by atoms with Crippen molar-refractivity contribution >= 4 is 27.7 Å². The summed E-state index contributed by atoms with van der Waals surface area (Å²) in [5, 5.41) is 2.46. The molecule has 3 aliphatic heterocycles. The van der Waals surface area contributed by atoms with E-state index in [4.69, 9.17) is 18.9 Å². The van der Waals surface area contributed by atoms with E-state index in [9.17, 15) is 22.8 Å². The maximum atomic E-state index is 13.7. The van der Waals surface area contributed by atoms with Crippen LogP contribution in [0.3, 0.4) is 0 Å². The molecule has 39 heavy (non-hydrogen) atoms. The Hall–Kier alpha value is -2.39. The van der Waals surface area contributed by atoms with E-state index >= 15 is 0 Å². The molecule has 0 spiro atoms. The zero-order chi connectivity index (χ0) is 29.1. The number of sulfonamides is 1.